The van der Waals surface area contributed by atoms with Crippen LogP contribution in [0.5, 0.6) is 5.75 Å². The first-order valence-corrected chi connectivity index (χ1v) is 9.76. The number of hydrogen-bond acceptors (Lipinski definition) is 3. The molecule has 2 heterocycles. The van der Waals surface area contributed by atoms with E-state index in [1.54, 1.807) is 12.1 Å². The normalized spacial score (nSPS) is 18.0. The molecular formula is C22H25FN2O2. The van der Waals surface area contributed by atoms with Gasteiger partial charge >= 0.3 is 0 Å². The van der Waals surface area contributed by atoms with Crippen molar-refractivity contribution in [3.05, 3.63) is 59.9 Å². The second-order valence-electron chi connectivity index (χ2n) is 7.27. The maximum atomic E-state index is 13.1. The number of likely N-dealkylation sites (tertiary alicyclic amines) is 1. The Labute approximate surface area is 159 Å². The molecular weight excluding hydrogens is 343 g/mol. The van der Waals surface area contributed by atoms with Crippen LogP contribution in [-0.4, -0.2) is 43.1 Å². The minimum absolute atomic E-state index is 0.0633. The number of hydrogen-bond donors (Lipinski definition) is 0. The van der Waals surface area contributed by atoms with E-state index in [4.69, 9.17) is 4.74 Å². The molecule has 0 aliphatic carbocycles. The number of para-hydroxylation sites is 1. The molecule has 2 aromatic carbocycles. The highest BCUT2D eigenvalue weighted by Gasteiger charge is 2.27. The minimum atomic E-state index is -0.264. The molecule has 0 aromatic heterocycles. The summed E-state index contributed by atoms with van der Waals surface area (Å²) in [6.45, 7) is 3.41. The van der Waals surface area contributed by atoms with Crippen molar-refractivity contribution in [3.8, 4) is 5.75 Å². The number of piperidine rings is 1. The predicted molar refractivity (Wildman–Crippen MR) is 104 cm³/mol. The molecule has 2 aliphatic rings. The van der Waals surface area contributed by atoms with Crippen LogP contribution >= 0.6 is 0 Å². The number of benzene rings is 2. The summed E-state index contributed by atoms with van der Waals surface area (Å²) in [4.78, 5) is 17.3. The van der Waals surface area contributed by atoms with Crippen molar-refractivity contribution in [1.29, 1.82) is 0 Å². The molecule has 142 valence electrons. The number of nitrogens with zero attached hydrogens (tertiary/aromatic N) is 2. The summed E-state index contributed by atoms with van der Waals surface area (Å²) in [5, 5.41) is 0. The third-order valence-electron chi connectivity index (χ3n) is 5.43. The Morgan fingerprint density at radius 2 is 1.59 bits per heavy atom. The summed E-state index contributed by atoms with van der Waals surface area (Å²) in [6.07, 6.45) is 4.01. The van der Waals surface area contributed by atoms with Gasteiger partial charge in [0.15, 0.2) is 0 Å². The monoisotopic (exact) mass is 368 g/mol. The van der Waals surface area contributed by atoms with Gasteiger partial charge in [-0.2, -0.15) is 0 Å². The highest BCUT2D eigenvalue weighted by molar-refractivity contribution is 6.00. The van der Waals surface area contributed by atoms with E-state index in [2.05, 4.69) is 11.0 Å². The van der Waals surface area contributed by atoms with Crippen LogP contribution < -0.4 is 9.64 Å². The second-order valence-corrected chi connectivity index (χ2v) is 7.27. The zero-order valence-electron chi connectivity index (χ0n) is 15.4. The molecule has 4 rings (SSSR count). The van der Waals surface area contributed by atoms with Crippen LogP contribution in [-0.2, 0) is 0 Å². The number of rotatable bonds is 4. The van der Waals surface area contributed by atoms with Gasteiger partial charge in [0.2, 0.25) is 0 Å². The van der Waals surface area contributed by atoms with Crippen LogP contribution in [0.15, 0.2) is 48.5 Å². The Morgan fingerprint density at radius 1 is 0.926 bits per heavy atom. The Hall–Kier alpha value is -2.56. The molecule has 0 N–H and O–H groups in total. The fourth-order valence-electron chi connectivity index (χ4n) is 3.94. The maximum absolute atomic E-state index is 13.1. The van der Waals surface area contributed by atoms with E-state index in [-0.39, 0.29) is 17.8 Å². The van der Waals surface area contributed by atoms with Gasteiger partial charge in [-0.05, 0) is 49.2 Å². The van der Waals surface area contributed by atoms with Crippen LogP contribution in [0, 0.1) is 5.82 Å². The van der Waals surface area contributed by atoms with Gasteiger partial charge in [0.1, 0.15) is 17.7 Å². The minimum Gasteiger partial charge on any atom is -0.490 e. The van der Waals surface area contributed by atoms with Gasteiger partial charge in [-0.1, -0.05) is 12.1 Å². The number of carbonyl (C=O) groups excluding carboxylic acids is 1. The van der Waals surface area contributed by atoms with E-state index in [9.17, 15) is 9.18 Å². The van der Waals surface area contributed by atoms with E-state index in [1.807, 2.05) is 23.1 Å². The summed E-state index contributed by atoms with van der Waals surface area (Å²) in [6, 6.07) is 14.1. The number of anilines is 1. The largest absolute Gasteiger partial charge is 0.490 e. The number of amides is 1. The molecule has 0 spiro atoms. The van der Waals surface area contributed by atoms with E-state index in [0.717, 1.165) is 37.2 Å². The van der Waals surface area contributed by atoms with Crippen molar-refractivity contribution in [3.63, 3.8) is 0 Å². The third-order valence-corrected chi connectivity index (χ3v) is 5.43. The first kappa shape index (κ1) is 17.8. The molecule has 1 amide bonds. The molecule has 0 unspecified atom stereocenters. The fraction of sp³-hybridized carbons (Fsp3) is 0.409. The lowest BCUT2D eigenvalue weighted by Gasteiger charge is -2.33. The van der Waals surface area contributed by atoms with Gasteiger partial charge < -0.3 is 14.5 Å². The molecule has 2 aromatic rings. The molecule has 2 fully saturated rings. The number of ether oxygens (including phenoxy) is 1. The second kappa shape index (κ2) is 7.99. The van der Waals surface area contributed by atoms with Crippen LogP contribution in [0.25, 0.3) is 0 Å². The van der Waals surface area contributed by atoms with Gasteiger partial charge in [-0.3, -0.25) is 4.79 Å². The first-order chi connectivity index (χ1) is 13.2. The average molecular weight is 368 g/mol. The van der Waals surface area contributed by atoms with Crippen molar-refractivity contribution in [2.24, 2.45) is 0 Å². The highest BCUT2D eigenvalue weighted by Crippen LogP contribution is 2.27. The molecule has 0 radical (unpaired) electrons. The van der Waals surface area contributed by atoms with Crippen molar-refractivity contribution < 1.29 is 13.9 Å². The molecule has 5 heteroatoms. The summed E-state index contributed by atoms with van der Waals surface area (Å²) < 4.78 is 18.9. The molecule has 0 saturated carbocycles. The van der Waals surface area contributed by atoms with Crippen LogP contribution in [0.1, 0.15) is 36.0 Å². The van der Waals surface area contributed by atoms with E-state index >= 15 is 0 Å². The quantitative estimate of drug-likeness (QED) is 0.814. The lowest BCUT2D eigenvalue weighted by Crippen LogP contribution is -2.42. The zero-order valence-corrected chi connectivity index (χ0v) is 15.4. The Bertz CT molecular complexity index is 779. The first-order valence-electron chi connectivity index (χ1n) is 9.76. The predicted octanol–water partition coefficient (Wildman–Crippen LogP) is 4.11. The summed E-state index contributed by atoms with van der Waals surface area (Å²) in [5.41, 5.74) is 1.86. The van der Waals surface area contributed by atoms with E-state index < -0.39 is 0 Å². The summed E-state index contributed by atoms with van der Waals surface area (Å²) in [5.74, 6) is 0.526. The molecule has 0 bridgehead atoms. The van der Waals surface area contributed by atoms with Crippen molar-refractivity contribution in [2.75, 3.05) is 31.1 Å². The van der Waals surface area contributed by atoms with Gasteiger partial charge in [0.25, 0.3) is 5.91 Å². The van der Waals surface area contributed by atoms with E-state index in [1.165, 1.54) is 25.0 Å². The summed E-state index contributed by atoms with van der Waals surface area (Å²) >= 11 is 0. The summed E-state index contributed by atoms with van der Waals surface area (Å²) in [7, 11) is 0. The van der Waals surface area contributed by atoms with Gasteiger partial charge in [0, 0.05) is 44.7 Å². The molecule has 2 aliphatic heterocycles. The Morgan fingerprint density at radius 3 is 2.30 bits per heavy atom. The van der Waals surface area contributed by atoms with Crippen LogP contribution in [0.4, 0.5) is 10.1 Å². The van der Waals surface area contributed by atoms with Crippen molar-refractivity contribution >= 4 is 11.6 Å². The van der Waals surface area contributed by atoms with E-state index in [0.29, 0.717) is 18.8 Å². The molecule has 0 atom stereocenters. The number of halogens is 1. The smallest absolute Gasteiger partial charge is 0.255 e. The van der Waals surface area contributed by atoms with Gasteiger partial charge in [0.05, 0.1) is 5.56 Å². The fourth-order valence-corrected chi connectivity index (χ4v) is 3.94. The Kier molecular flexibility index (Phi) is 5.28. The SMILES string of the molecule is O=C(c1ccccc1N1CCCC1)N1CCC(Oc2ccc(F)cc2)CC1. The Balaban J connectivity index is 1.38. The van der Waals surface area contributed by atoms with Crippen LogP contribution in [0.2, 0.25) is 0 Å². The topological polar surface area (TPSA) is 32.8 Å². The maximum Gasteiger partial charge on any atom is 0.255 e. The van der Waals surface area contributed by atoms with Crippen molar-refractivity contribution in [1.82, 2.24) is 4.90 Å². The van der Waals surface area contributed by atoms with Crippen LogP contribution in [0.3, 0.4) is 0 Å². The number of carbonyl (C=O) groups is 1. The lowest BCUT2D eigenvalue weighted by atomic mass is 10.0. The van der Waals surface area contributed by atoms with Crippen molar-refractivity contribution in [2.45, 2.75) is 31.8 Å². The third kappa shape index (κ3) is 4.07. The standard InChI is InChI=1S/C22H25FN2O2/c23-17-7-9-18(10-8-17)27-19-11-15-25(16-12-19)22(26)20-5-1-2-6-21(20)24-13-3-4-14-24/h1-2,5-10,19H,3-4,11-16H2. The molecule has 2 saturated heterocycles. The molecule has 4 nitrogen and oxygen atoms in total. The molecule has 27 heavy (non-hydrogen) atoms. The lowest BCUT2D eigenvalue weighted by molar-refractivity contribution is 0.0596. The highest BCUT2D eigenvalue weighted by atomic mass is 19.1. The average Bonchev–Trinajstić information content (AvgIpc) is 3.24. The zero-order chi connectivity index (χ0) is 18.6. The van der Waals surface area contributed by atoms with Gasteiger partial charge in [-0.15, -0.1) is 0 Å². The van der Waals surface area contributed by atoms with Gasteiger partial charge in [-0.25, -0.2) is 4.39 Å².